The molecule has 4 aliphatic carbocycles. The number of carbonyl (C=O) groups excluding carboxylic acids is 2. The molecule has 5 aliphatic rings. The van der Waals surface area contributed by atoms with E-state index in [2.05, 4.69) is 19.9 Å². The Kier molecular flexibility index (Phi) is 4.97. The van der Waals surface area contributed by atoms with Gasteiger partial charge in [0, 0.05) is 17.4 Å². The van der Waals surface area contributed by atoms with Gasteiger partial charge in [0.15, 0.2) is 17.9 Å². The zero-order valence-electron chi connectivity index (χ0n) is 19.8. The first kappa shape index (κ1) is 22.5. The van der Waals surface area contributed by atoms with Gasteiger partial charge in [0.05, 0.1) is 6.10 Å². The third kappa shape index (κ3) is 2.61. The molecule has 0 unspecified atom stereocenters. The Balaban J connectivity index is 1.45. The molecule has 1 spiro atoms. The van der Waals surface area contributed by atoms with E-state index < -0.39 is 17.3 Å². The molecule has 4 fully saturated rings. The Morgan fingerprint density at radius 1 is 1.31 bits per heavy atom. The zero-order chi connectivity index (χ0) is 23.1. The van der Waals surface area contributed by atoms with Crippen molar-refractivity contribution in [2.75, 3.05) is 13.2 Å². The minimum Gasteiger partial charge on any atom is -0.381 e. The molecule has 0 amide bonds. The fourth-order valence-corrected chi connectivity index (χ4v) is 8.16. The van der Waals surface area contributed by atoms with Gasteiger partial charge in [0.2, 0.25) is 0 Å². The Morgan fingerprint density at radius 2 is 2.06 bits per heavy atom. The maximum atomic E-state index is 13.4. The summed E-state index contributed by atoms with van der Waals surface area (Å²) in [5.41, 5.74) is -1.46. The van der Waals surface area contributed by atoms with Gasteiger partial charge < -0.3 is 19.3 Å². The van der Waals surface area contributed by atoms with Crippen LogP contribution < -0.4 is 0 Å². The van der Waals surface area contributed by atoms with Gasteiger partial charge in [-0.3, -0.25) is 9.59 Å². The van der Waals surface area contributed by atoms with Crippen molar-refractivity contribution in [3.63, 3.8) is 0 Å². The monoisotopic (exact) mass is 444 g/mol. The van der Waals surface area contributed by atoms with Crippen LogP contribution in [-0.4, -0.2) is 53.5 Å². The topological polar surface area (TPSA) is 85.4 Å². The normalized spacial score (nSPS) is 49.4. The first-order valence-corrected chi connectivity index (χ1v) is 12.2. The van der Waals surface area contributed by atoms with Crippen molar-refractivity contribution in [2.45, 2.75) is 83.9 Å². The molecule has 1 saturated heterocycles. The number of fused-ring (bicyclic) bond motifs is 3. The van der Waals surface area contributed by atoms with Gasteiger partial charge in [-0.25, -0.2) is 0 Å². The molecular weight excluding hydrogens is 408 g/mol. The molecule has 9 atom stereocenters. The van der Waals surface area contributed by atoms with Crippen molar-refractivity contribution < 1.29 is 28.9 Å². The minimum absolute atomic E-state index is 0.0202. The minimum atomic E-state index is -1.45. The fraction of sp³-hybridized carbons (Fsp3) is 0.769. The molecule has 1 heterocycles. The molecular formula is C26H36O6. The highest BCUT2D eigenvalue weighted by atomic mass is 16.7. The van der Waals surface area contributed by atoms with E-state index in [0.29, 0.717) is 13.0 Å². The molecule has 1 N–H and O–H groups in total. The van der Waals surface area contributed by atoms with Crippen molar-refractivity contribution in [1.29, 1.82) is 0 Å². The first-order valence-electron chi connectivity index (χ1n) is 12.2. The van der Waals surface area contributed by atoms with E-state index in [9.17, 15) is 14.7 Å². The predicted octanol–water partition coefficient (Wildman–Crippen LogP) is 3.37. The number of hydrogen-bond donors (Lipinski definition) is 1. The molecule has 6 heteroatoms. The number of ketones is 2. The second-order valence-corrected chi connectivity index (χ2v) is 11.0. The molecule has 1 aliphatic heterocycles. The van der Waals surface area contributed by atoms with Crippen LogP contribution >= 0.6 is 0 Å². The maximum absolute atomic E-state index is 13.4. The molecule has 5 rings (SSSR count). The highest BCUT2D eigenvalue weighted by Gasteiger charge is 2.81. The predicted molar refractivity (Wildman–Crippen MR) is 118 cm³/mol. The average Bonchev–Trinajstić information content (AvgIpc) is 3.42. The number of allylic oxidation sites excluding steroid dienone is 2. The molecule has 176 valence electrons. The lowest BCUT2D eigenvalue weighted by Gasteiger charge is -2.55. The lowest BCUT2D eigenvalue weighted by molar-refractivity contribution is -0.180. The Hall–Kier alpha value is -1.34. The van der Waals surface area contributed by atoms with Gasteiger partial charge in [0.1, 0.15) is 17.8 Å². The number of hydrogen-bond acceptors (Lipinski definition) is 6. The van der Waals surface area contributed by atoms with Crippen LogP contribution in [0.3, 0.4) is 0 Å². The number of Topliss-reactive ketones (excluding diaryl/α,β-unsaturated/α-hetero) is 1. The van der Waals surface area contributed by atoms with E-state index in [1.54, 1.807) is 19.1 Å². The van der Waals surface area contributed by atoms with Crippen LogP contribution in [0.1, 0.15) is 60.3 Å². The Labute approximate surface area is 190 Å². The number of aliphatic hydroxyl groups is 1. The summed E-state index contributed by atoms with van der Waals surface area (Å²) in [6.45, 7) is 10.3. The SMILES string of the molecule is CCO[C@H](C)OCC(=O)[C@@]1(O)[C@@H](C)C[C@H]2[C@@H]3CCC4=CC(=O)C=C[C@]4(C)[C@]34O[C@H]4C[C@@]21C. The molecule has 3 saturated carbocycles. The van der Waals surface area contributed by atoms with Crippen LogP contribution in [0.15, 0.2) is 23.8 Å². The summed E-state index contributed by atoms with van der Waals surface area (Å²) in [5.74, 6) is 0.0814. The van der Waals surface area contributed by atoms with E-state index >= 15 is 0 Å². The van der Waals surface area contributed by atoms with Crippen molar-refractivity contribution in [1.82, 2.24) is 0 Å². The lowest BCUT2D eigenvalue weighted by atomic mass is 9.46. The number of epoxide rings is 1. The van der Waals surface area contributed by atoms with E-state index in [1.807, 2.05) is 13.8 Å². The number of ether oxygens (including phenoxy) is 3. The van der Waals surface area contributed by atoms with E-state index in [4.69, 9.17) is 14.2 Å². The quantitative estimate of drug-likeness (QED) is 0.499. The third-order valence-corrected chi connectivity index (χ3v) is 9.79. The highest BCUT2D eigenvalue weighted by molar-refractivity contribution is 6.01. The summed E-state index contributed by atoms with van der Waals surface area (Å²) >= 11 is 0. The standard InChI is InChI=1S/C26H36O6/c1-6-30-16(3)31-14-21(28)25(29)15(2)11-20-19-8-7-17-12-18(27)9-10-23(17,4)26(19)22(32-26)13-24(20,25)5/h9-10,12,15-16,19-20,22,29H,6-8,11,13-14H2,1-5H3/t15-,16-,19-,20-,22-,23-,24-,25-,26-/m0/s1. The van der Waals surface area contributed by atoms with E-state index in [1.165, 1.54) is 5.57 Å². The summed E-state index contributed by atoms with van der Waals surface area (Å²) < 4.78 is 17.6. The second-order valence-electron chi connectivity index (χ2n) is 11.0. The summed E-state index contributed by atoms with van der Waals surface area (Å²) in [6.07, 6.45) is 8.25. The maximum Gasteiger partial charge on any atom is 0.190 e. The van der Waals surface area contributed by atoms with Crippen molar-refractivity contribution >= 4 is 11.6 Å². The fourth-order valence-electron chi connectivity index (χ4n) is 8.16. The van der Waals surface area contributed by atoms with Crippen molar-refractivity contribution in [3.8, 4) is 0 Å². The molecule has 0 bridgehead atoms. The number of rotatable bonds is 6. The molecule has 0 aromatic carbocycles. The van der Waals surface area contributed by atoms with Crippen molar-refractivity contribution in [2.24, 2.45) is 28.6 Å². The molecule has 32 heavy (non-hydrogen) atoms. The van der Waals surface area contributed by atoms with Crippen molar-refractivity contribution in [3.05, 3.63) is 23.8 Å². The molecule has 0 aromatic rings. The van der Waals surface area contributed by atoms with Crippen LogP contribution in [0.4, 0.5) is 0 Å². The highest BCUT2D eigenvalue weighted by Crippen LogP contribution is 2.76. The lowest BCUT2D eigenvalue weighted by Crippen LogP contribution is -2.62. The molecule has 0 aromatic heterocycles. The van der Waals surface area contributed by atoms with Crippen LogP contribution in [0.2, 0.25) is 0 Å². The zero-order valence-corrected chi connectivity index (χ0v) is 19.8. The van der Waals surface area contributed by atoms with E-state index in [0.717, 1.165) is 19.3 Å². The Bertz CT molecular complexity index is 908. The van der Waals surface area contributed by atoms with Gasteiger partial charge >= 0.3 is 0 Å². The van der Waals surface area contributed by atoms with Gasteiger partial charge in [-0.1, -0.05) is 25.5 Å². The summed E-state index contributed by atoms with van der Waals surface area (Å²) in [5, 5.41) is 12.0. The average molecular weight is 445 g/mol. The summed E-state index contributed by atoms with van der Waals surface area (Å²) in [4.78, 5) is 25.5. The summed E-state index contributed by atoms with van der Waals surface area (Å²) in [6, 6.07) is 0. The smallest absolute Gasteiger partial charge is 0.190 e. The van der Waals surface area contributed by atoms with E-state index in [-0.39, 0.29) is 53.0 Å². The summed E-state index contributed by atoms with van der Waals surface area (Å²) in [7, 11) is 0. The molecule has 6 nitrogen and oxygen atoms in total. The van der Waals surface area contributed by atoms with Gasteiger partial charge in [-0.05, 0) is 76.4 Å². The van der Waals surface area contributed by atoms with Gasteiger partial charge in [0.25, 0.3) is 0 Å². The van der Waals surface area contributed by atoms with Crippen LogP contribution in [0.25, 0.3) is 0 Å². The van der Waals surface area contributed by atoms with Crippen LogP contribution in [-0.2, 0) is 23.8 Å². The Morgan fingerprint density at radius 3 is 2.78 bits per heavy atom. The van der Waals surface area contributed by atoms with Crippen LogP contribution in [0.5, 0.6) is 0 Å². The third-order valence-electron chi connectivity index (χ3n) is 9.79. The van der Waals surface area contributed by atoms with Gasteiger partial charge in [-0.15, -0.1) is 0 Å². The second kappa shape index (κ2) is 7.08. The number of carbonyl (C=O) groups is 2. The van der Waals surface area contributed by atoms with Gasteiger partial charge in [-0.2, -0.15) is 0 Å². The van der Waals surface area contributed by atoms with Crippen LogP contribution in [0, 0.1) is 28.6 Å². The molecule has 0 radical (unpaired) electrons. The largest absolute Gasteiger partial charge is 0.381 e. The first-order chi connectivity index (χ1) is 15.0.